The molecule has 14 nitrogen and oxygen atoms in total. The number of alkyl carbamates (subject to hydrolysis) is 1. The average Bonchev–Trinajstić information content (AvgIpc) is 3.15. The molecule has 4 rings (SSSR count). The van der Waals surface area contributed by atoms with Gasteiger partial charge in [-0.2, -0.15) is 10.2 Å². The van der Waals surface area contributed by atoms with Crippen molar-refractivity contribution < 1.29 is 42.3 Å². The Labute approximate surface area is 223 Å². The SMILES string of the molecule is C=C[C@]1(OC(=O)NC2(C)CC2)C[C@@H](c2cc(NC(=O)c3cc(COC)nn3C)n(COP(=O)(O)O)n2)C[C@H]1F. The van der Waals surface area contributed by atoms with E-state index < -0.39 is 44.2 Å². The molecule has 39 heavy (non-hydrogen) atoms. The standard InChI is InChI=1S/C23H32FN6O8P/c1-5-23(38-21(32)26-22(2)6-7-22)11-14(8-18(23)24)16-10-19(30(28-16)13-37-39(33,34)35)25-20(31)17-9-15(12-36-4)27-29(17)3/h5,9-10,14,18H,1,6-8,11-13H2,2-4H3,(H,25,31)(H,26,32)(H2,33,34,35)/t14-,18+,23-/m0/s1. The van der Waals surface area contributed by atoms with Crippen LogP contribution in [-0.2, 0) is 38.9 Å². The highest BCUT2D eigenvalue weighted by Crippen LogP contribution is 2.46. The molecule has 0 unspecified atom stereocenters. The quantitative estimate of drug-likeness (QED) is 0.232. The molecule has 0 saturated heterocycles. The first-order valence-corrected chi connectivity index (χ1v) is 13.7. The summed E-state index contributed by atoms with van der Waals surface area (Å²) in [7, 11) is -1.81. The monoisotopic (exact) mass is 570 g/mol. The van der Waals surface area contributed by atoms with Crippen molar-refractivity contribution in [2.24, 2.45) is 7.05 Å². The van der Waals surface area contributed by atoms with Crippen LogP contribution in [0.2, 0.25) is 0 Å². The second-order valence-corrected chi connectivity index (χ2v) is 11.3. The van der Waals surface area contributed by atoms with Crippen LogP contribution in [0.5, 0.6) is 0 Å². The van der Waals surface area contributed by atoms with E-state index in [-0.39, 0.29) is 36.5 Å². The second kappa shape index (κ2) is 10.8. The molecule has 2 aliphatic carbocycles. The number of alkyl halides is 1. The zero-order chi connectivity index (χ0) is 28.6. The summed E-state index contributed by atoms with van der Waals surface area (Å²) in [4.78, 5) is 43.8. The fraction of sp³-hybridized carbons (Fsp3) is 0.565. The summed E-state index contributed by atoms with van der Waals surface area (Å²) in [5.74, 6) is -1.11. The predicted molar refractivity (Wildman–Crippen MR) is 134 cm³/mol. The van der Waals surface area contributed by atoms with Gasteiger partial charge in [0.1, 0.15) is 17.7 Å². The maximum Gasteiger partial charge on any atom is 0.471 e. The molecular formula is C23H32FN6O8P. The van der Waals surface area contributed by atoms with E-state index in [0.29, 0.717) is 11.4 Å². The maximum absolute atomic E-state index is 15.3. The van der Waals surface area contributed by atoms with Crippen molar-refractivity contribution in [2.75, 3.05) is 12.4 Å². The van der Waals surface area contributed by atoms with Crippen LogP contribution in [0, 0.1) is 0 Å². The number of carbonyl (C=O) groups is 2. The molecule has 2 amide bonds. The summed E-state index contributed by atoms with van der Waals surface area (Å²) in [6.45, 7) is 5.04. The Hall–Kier alpha value is -3.10. The lowest BCUT2D eigenvalue weighted by Crippen LogP contribution is -2.44. The largest absolute Gasteiger partial charge is 0.471 e. The van der Waals surface area contributed by atoms with Crippen molar-refractivity contribution in [3.05, 3.63) is 41.9 Å². The van der Waals surface area contributed by atoms with Crippen molar-refractivity contribution in [2.45, 2.75) is 69.2 Å². The van der Waals surface area contributed by atoms with Crippen LogP contribution in [0.1, 0.15) is 60.4 Å². The minimum Gasteiger partial charge on any atom is -0.436 e. The summed E-state index contributed by atoms with van der Waals surface area (Å²) < 4.78 is 44.2. The predicted octanol–water partition coefficient (Wildman–Crippen LogP) is 2.50. The average molecular weight is 571 g/mol. The number of phosphoric ester groups is 1. The number of hydrogen-bond acceptors (Lipinski definition) is 8. The molecular weight excluding hydrogens is 538 g/mol. The molecule has 2 aliphatic rings. The number of aromatic nitrogens is 4. The van der Waals surface area contributed by atoms with Gasteiger partial charge in [-0.1, -0.05) is 6.58 Å². The van der Waals surface area contributed by atoms with Crippen LogP contribution >= 0.6 is 7.82 Å². The Morgan fingerprint density at radius 3 is 2.67 bits per heavy atom. The summed E-state index contributed by atoms with van der Waals surface area (Å²) in [5.41, 5.74) is -0.945. The molecule has 2 aromatic heterocycles. The Balaban J connectivity index is 1.56. The van der Waals surface area contributed by atoms with E-state index in [9.17, 15) is 14.2 Å². The van der Waals surface area contributed by atoms with Crippen LogP contribution < -0.4 is 10.6 Å². The third-order valence-corrected chi connectivity index (χ3v) is 7.33. The summed E-state index contributed by atoms with van der Waals surface area (Å²) in [6.07, 6.45) is 0.510. The molecule has 2 aromatic rings. The van der Waals surface area contributed by atoms with Crippen LogP contribution in [0.15, 0.2) is 24.8 Å². The minimum atomic E-state index is -4.87. The fourth-order valence-corrected chi connectivity index (χ4v) is 4.75. The lowest BCUT2D eigenvalue weighted by atomic mass is 9.97. The highest BCUT2D eigenvalue weighted by atomic mass is 31.2. The van der Waals surface area contributed by atoms with E-state index in [2.05, 4.69) is 31.9 Å². The van der Waals surface area contributed by atoms with E-state index in [1.807, 2.05) is 6.92 Å². The molecule has 0 bridgehead atoms. The van der Waals surface area contributed by atoms with Crippen LogP contribution in [-0.4, -0.2) is 65.8 Å². The van der Waals surface area contributed by atoms with Gasteiger partial charge < -0.3 is 29.9 Å². The van der Waals surface area contributed by atoms with Crippen molar-refractivity contribution in [3.8, 4) is 0 Å². The first kappa shape index (κ1) is 28.9. The van der Waals surface area contributed by atoms with Gasteiger partial charge in [0.25, 0.3) is 5.91 Å². The molecule has 0 radical (unpaired) electrons. The number of hydrogen-bond donors (Lipinski definition) is 4. The molecule has 2 heterocycles. The second-order valence-electron chi connectivity index (χ2n) is 10.1. The zero-order valence-corrected chi connectivity index (χ0v) is 22.7. The zero-order valence-electron chi connectivity index (χ0n) is 21.8. The number of halogens is 1. The number of nitrogens with one attached hydrogen (secondary N) is 2. The Morgan fingerprint density at radius 1 is 1.33 bits per heavy atom. The normalized spacial score (nSPS) is 23.8. The summed E-state index contributed by atoms with van der Waals surface area (Å²) in [5, 5.41) is 13.9. The van der Waals surface area contributed by atoms with Crippen LogP contribution in [0.25, 0.3) is 0 Å². The van der Waals surface area contributed by atoms with Gasteiger partial charge in [-0.25, -0.2) is 18.4 Å². The molecule has 214 valence electrons. The number of phosphoric acid groups is 1. The highest BCUT2D eigenvalue weighted by molar-refractivity contribution is 7.46. The molecule has 0 aliphatic heterocycles. The first-order chi connectivity index (χ1) is 18.3. The van der Waals surface area contributed by atoms with Crippen LogP contribution in [0.4, 0.5) is 15.0 Å². The molecule has 2 fully saturated rings. The minimum absolute atomic E-state index is 0.0215. The van der Waals surface area contributed by atoms with Gasteiger partial charge >= 0.3 is 13.9 Å². The third kappa shape index (κ3) is 6.73. The lowest BCUT2D eigenvalue weighted by molar-refractivity contribution is 0.00378. The number of carbonyl (C=O) groups excluding carboxylic acids is 2. The Morgan fingerprint density at radius 2 is 2.05 bits per heavy atom. The van der Waals surface area contributed by atoms with Gasteiger partial charge in [0.2, 0.25) is 0 Å². The maximum atomic E-state index is 15.3. The molecule has 16 heteroatoms. The van der Waals surface area contributed by atoms with E-state index in [1.165, 1.54) is 30.0 Å². The van der Waals surface area contributed by atoms with Crippen molar-refractivity contribution in [3.63, 3.8) is 0 Å². The molecule has 4 N–H and O–H groups in total. The Bertz CT molecular complexity index is 1300. The van der Waals surface area contributed by atoms with Crippen molar-refractivity contribution in [1.82, 2.24) is 24.9 Å². The van der Waals surface area contributed by atoms with Crippen molar-refractivity contribution in [1.29, 1.82) is 0 Å². The molecule has 0 spiro atoms. The van der Waals surface area contributed by atoms with E-state index >= 15 is 4.39 Å². The third-order valence-electron chi connectivity index (χ3n) is 6.88. The number of ether oxygens (including phenoxy) is 2. The number of aryl methyl sites for hydroxylation is 1. The van der Waals surface area contributed by atoms with Gasteiger partial charge in [-0.05, 0) is 38.3 Å². The number of nitrogens with zero attached hydrogens (tertiary/aromatic N) is 4. The lowest BCUT2D eigenvalue weighted by Gasteiger charge is -2.28. The Kier molecular flexibility index (Phi) is 8.01. The van der Waals surface area contributed by atoms with Gasteiger partial charge in [0, 0.05) is 38.1 Å². The van der Waals surface area contributed by atoms with E-state index in [1.54, 1.807) is 7.05 Å². The van der Waals surface area contributed by atoms with Gasteiger partial charge in [-0.3, -0.25) is 14.0 Å². The van der Waals surface area contributed by atoms with Crippen LogP contribution in [0.3, 0.4) is 0 Å². The van der Waals surface area contributed by atoms with E-state index in [4.69, 9.17) is 19.3 Å². The number of methoxy groups -OCH3 is 1. The number of anilines is 1. The summed E-state index contributed by atoms with van der Waals surface area (Å²) in [6, 6.07) is 2.98. The fourth-order valence-electron chi connectivity index (χ4n) is 4.49. The highest BCUT2D eigenvalue weighted by Gasteiger charge is 2.51. The van der Waals surface area contributed by atoms with Crippen molar-refractivity contribution >= 4 is 25.6 Å². The number of rotatable bonds is 11. The molecule has 3 atom stereocenters. The van der Waals surface area contributed by atoms with Gasteiger partial charge in [-0.15, -0.1) is 0 Å². The van der Waals surface area contributed by atoms with Gasteiger partial charge in [0.05, 0.1) is 18.0 Å². The summed E-state index contributed by atoms with van der Waals surface area (Å²) >= 11 is 0. The van der Waals surface area contributed by atoms with E-state index in [0.717, 1.165) is 17.5 Å². The molecule has 0 aromatic carbocycles. The first-order valence-electron chi connectivity index (χ1n) is 12.2. The van der Waals surface area contributed by atoms with Gasteiger partial charge in [0.15, 0.2) is 12.3 Å². The topological polar surface area (TPSA) is 179 Å². The number of amides is 2. The molecule has 2 saturated carbocycles. The smallest absolute Gasteiger partial charge is 0.436 e.